The number of nitrogens with two attached hydrogens (primary N) is 1. The van der Waals surface area contributed by atoms with Crippen LogP contribution in [0.1, 0.15) is 37.1 Å². The summed E-state index contributed by atoms with van der Waals surface area (Å²) in [5, 5.41) is 6.95. The first-order valence-corrected chi connectivity index (χ1v) is 8.37. The number of amides is 2. The molecule has 2 fully saturated rings. The van der Waals surface area contributed by atoms with Crippen LogP contribution in [0, 0.1) is 6.92 Å². The molecule has 2 aliphatic rings. The molecule has 3 N–H and O–H groups in total. The highest BCUT2D eigenvalue weighted by molar-refractivity contribution is 5.95. The predicted octanol–water partition coefficient (Wildman–Crippen LogP) is 2.30. The zero-order valence-corrected chi connectivity index (χ0v) is 13.7. The van der Waals surface area contributed by atoms with E-state index in [1.54, 1.807) is 4.90 Å². The number of hydrogen-bond donors (Lipinski definition) is 2. The maximum absolute atomic E-state index is 11.9. The smallest absolute Gasteiger partial charge is 0.322 e. The van der Waals surface area contributed by atoms with E-state index < -0.39 is 5.54 Å². The minimum atomic E-state index is -0.470. The van der Waals surface area contributed by atoms with E-state index in [9.17, 15) is 4.79 Å². The number of hydrogen-bond acceptors (Lipinski definition) is 5. The van der Waals surface area contributed by atoms with E-state index in [-0.39, 0.29) is 6.03 Å². The average molecular weight is 327 g/mol. The molecule has 1 saturated carbocycles. The van der Waals surface area contributed by atoms with Crippen molar-refractivity contribution in [1.82, 2.24) is 15.5 Å². The molecular formula is C17H21N5O2. The molecule has 2 heterocycles. The highest BCUT2D eigenvalue weighted by Crippen LogP contribution is 2.36. The molecule has 2 aromatic rings. The molecule has 0 atom stereocenters. The third-order valence-electron chi connectivity index (χ3n) is 5.05. The number of carbonyl (C=O) groups excluding carboxylic acids is 1. The average Bonchev–Trinajstić information content (AvgIpc) is 3.29. The number of nitrogens with zero attached hydrogens (tertiary/aromatic N) is 3. The number of nitrogens with one attached hydrogen (secondary N) is 1. The third kappa shape index (κ3) is 2.36. The minimum Gasteiger partial charge on any atom is -0.336 e. The Bertz CT molecular complexity index is 779. The lowest BCUT2D eigenvalue weighted by Crippen LogP contribution is -2.34. The molecule has 7 nitrogen and oxygen atoms in total. The topological polar surface area (TPSA) is 97.3 Å². The SMILES string of the molecule is Cc1c(-c2nc(C3(N)CCCC3)no2)cccc1N1CCNC1=O. The fourth-order valence-corrected chi connectivity index (χ4v) is 3.61. The molecule has 4 rings (SSSR count). The van der Waals surface area contributed by atoms with Gasteiger partial charge in [-0.2, -0.15) is 4.98 Å². The van der Waals surface area contributed by atoms with Gasteiger partial charge in [-0.15, -0.1) is 0 Å². The van der Waals surface area contributed by atoms with E-state index in [0.717, 1.165) is 42.5 Å². The third-order valence-corrected chi connectivity index (χ3v) is 5.05. The molecule has 1 aromatic heterocycles. The van der Waals surface area contributed by atoms with Crippen molar-refractivity contribution >= 4 is 11.7 Å². The zero-order valence-electron chi connectivity index (χ0n) is 13.7. The first-order chi connectivity index (χ1) is 11.6. The summed E-state index contributed by atoms with van der Waals surface area (Å²) in [7, 11) is 0. The second-order valence-electron chi connectivity index (χ2n) is 6.62. The van der Waals surface area contributed by atoms with Gasteiger partial charge in [-0.1, -0.05) is 24.1 Å². The van der Waals surface area contributed by atoms with E-state index in [1.807, 2.05) is 25.1 Å². The molecule has 7 heteroatoms. The Morgan fingerprint density at radius 3 is 2.83 bits per heavy atom. The summed E-state index contributed by atoms with van der Waals surface area (Å²) in [6.07, 6.45) is 3.97. The summed E-state index contributed by atoms with van der Waals surface area (Å²) in [5.41, 5.74) is 8.59. The second-order valence-corrected chi connectivity index (χ2v) is 6.62. The summed E-state index contributed by atoms with van der Waals surface area (Å²) in [6, 6.07) is 5.69. The molecule has 0 unspecified atom stereocenters. The number of rotatable bonds is 3. The van der Waals surface area contributed by atoms with Crippen LogP contribution < -0.4 is 16.0 Å². The molecule has 0 spiro atoms. The van der Waals surface area contributed by atoms with Crippen molar-refractivity contribution in [2.24, 2.45) is 5.73 Å². The van der Waals surface area contributed by atoms with Crippen LogP contribution in [0.25, 0.3) is 11.5 Å². The largest absolute Gasteiger partial charge is 0.336 e. The quantitative estimate of drug-likeness (QED) is 0.901. The van der Waals surface area contributed by atoms with Crippen LogP contribution >= 0.6 is 0 Å². The summed E-state index contributed by atoms with van der Waals surface area (Å²) in [5.74, 6) is 1.04. The van der Waals surface area contributed by atoms with Gasteiger partial charge < -0.3 is 15.6 Å². The number of benzene rings is 1. The van der Waals surface area contributed by atoms with E-state index >= 15 is 0 Å². The zero-order chi connectivity index (χ0) is 16.7. The van der Waals surface area contributed by atoms with Crippen LogP contribution in [0.15, 0.2) is 22.7 Å². The summed E-state index contributed by atoms with van der Waals surface area (Å²) < 4.78 is 5.49. The van der Waals surface area contributed by atoms with Crippen molar-refractivity contribution in [3.8, 4) is 11.5 Å². The molecule has 2 amide bonds. The van der Waals surface area contributed by atoms with Gasteiger partial charge in [0.1, 0.15) is 0 Å². The van der Waals surface area contributed by atoms with Crippen LogP contribution in [0.2, 0.25) is 0 Å². The Balaban J connectivity index is 1.70. The van der Waals surface area contributed by atoms with Crippen molar-refractivity contribution in [2.75, 3.05) is 18.0 Å². The standard InChI is InChI=1S/C17H21N5O2/c1-11-12(5-4-6-13(11)22-10-9-19-16(22)23)14-20-15(21-24-14)17(18)7-2-3-8-17/h4-6H,2-3,7-10,18H2,1H3,(H,19,23). The van der Waals surface area contributed by atoms with Crippen molar-refractivity contribution in [3.05, 3.63) is 29.6 Å². The Morgan fingerprint density at radius 1 is 1.33 bits per heavy atom. The Kier molecular flexibility index (Phi) is 3.53. The molecule has 126 valence electrons. The fourth-order valence-electron chi connectivity index (χ4n) is 3.61. The van der Waals surface area contributed by atoms with Gasteiger partial charge in [0.15, 0.2) is 5.82 Å². The van der Waals surface area contributed by atoms with E-state index in [1.165, 1.54) is 0 Å². The van der Waals surface area contributed by atoms with Gasteiger partial charge in [0.05, 0.1) is 5.54 Å². The number of carbonyl (C=O) groups is 1. The van der Waals surface area contributed by atoms with Crippen LogP contribution in [0.5, 0.6) is 0 Å². The molecule has 0 bridgehead atoms. The van der Waals surface area contributed by atoms with Crippen LogP contribution in [-0.2, 0) is 5.54 Å². The number of aromatic nitrogens is 2. The van der Waals surface area contributed by atoms with Crippen molar-refractivity contribution in [3.63, 3.8) is 0 Å². The highest BCUT2D eigenvalue weighted by atomic mass is 16.5. The highest BCUT2D eigenvalue weighted by Gasteiger charge is 2.36. The number of anilines is 1. The first-order valence-electron chi connectivity index (χ1n) is 8.37. The van der Waals surface area contributed by atoms with Gasteiger partial charge in [-0.25, -0.2) is 4.79 Å². The van der Waals surface area contributed by atoms with Gasteiger partial charge >= 0.3 is 6.03 Å². The van der Waals surface area contributed by atoms with E-state index in [4.69, 9.17) is 10.3 Å². The normalized spacial score (nSPS) is 19.8. The molecular weight excluding hydrogens is 306 g/mol. The lowest BCUT2D eigenvalue weighted by Gasteiger charge is -2.18. The van der Waals surface area contributed by atoms with Gasteiger partial charge in [-0.05, 0) is 37.5 Å². The Hall–Kier alpha value is -2.41. The lowest BCUT2D eigenvalue weighted by atomic mass is 9.98. The van der Waals surface area contributed by atoms with Gasteiger partial charge in [0.2, 0.25) is 0 Å². The van der Waals surface area contributed by atoms with Crippen molar-refractivity contribution in [2.45, 2.75) is 38.1 Å². The molecule has 24 heavy (non-hydrogen) atoms. The maximum atomic E-state index is 11.9. The van der Waals surface area contributed by atoms with Gasteiger partial charge in [-0.3, -0.25) is 4.90 Å². The van der Waals surface area contributed by atoms with Crippen LogP contribution in [0.3, 0.4) is 0 Å². The fraction of sp³-hybridized carbons (Fsp3) is 0.471. The summed E-state index contributed by atoms with van der Waals surface area (Å²) in [6.45, 7) is 3.28. The monoisotopic (exact) mass is 327 g/mol. The molecule has 1 aromatic carbocycles. The van der Waals surface area contributed by atoms with Crippen LogP contribution in [-0.4, -0.2) is 29.3 Å². The van der Waals surface area contributed by atoms with Gasteiger partial charge in [0.25, 0.3) is 5.89 Å². The van der Waals surface area contributed by atoms with Gasteiger partial charge in [0, 0.05) is 24.3 Å². The lowest BCUT2D eigenvalue weighted by molar-refractivity contribution is 0.252. The molecule has 1 aliphatic heterocycles. The Morgan fingerprint density at radius 2 is 2.12 bits per heavy atom. The van der Waals surface area contributed by atoms with E-state index in [2.05, 4.69) is 15.5 Å². The van der Waals surface area contributed by atoms with Crippen molar-refractivity contribution in [1.29, 1.82) is 0 Å². The Labute approximate surface area is 140 Å². The summed E-state index contributed by atoms with van der Waals surface area (Å²) in [4.78, 5) is 18.2. The van der Waals surface area contributed by atoms with E-state index in [0.29, 0.717) is 24.8 Å². The molecule has 1 saturated heterocycles. The summed E-state index contributed by atoms with van der Waals surface area (Å²) >= 11 is 0. The van der Waals surface area contributed by atoms with Crippen molar-refractivity contribution < 1.29 is 9.32 Å². The molecule has 1 aliphatic carbocycles. The maximum Gasteiger partial charge on any atom is 0.322 e. The number of urea groups is 1. The second kappa shape index (κ2) is 5.59. The predicted molar refractivity (Wildman–Crippen MR) is 89.5 cm³/mol. The first kappa shape index (κ1) is 15.1. The minimum absolute atomic E-state index is 0.0756. The molecule has 0 radical (unpaired) electrons. The van der Waals surface area contributed by atoms with Crippen LogP contribution in [0.4, 0.5) is 10.5 Å².